The minimum Gasteiger partial charge on any atom is -0.373 e. The maximum atomic E-state index is 4.64. The second-order valence-corrected chi connectivity index (χ2v) is 6.86. The molecular weight excluding hydrogens is 300 g/mol. The highest BCUT2D eigenvalue weighted by atomic mass is 32.2. The van der Waals surface area contributed by atoms with Gasteiger partial charge in [0.1, 0.15) is 16.7 Å². The lowest BCUT2D eigenvalue weighted by Crippen LogP contribution is -2.00. The monoisotopic (exact) mass is 316 g/mol. The number of hydrogen-bond acceptors (Lipinski definition) is 6. The van der Waals surface area contributed by atoms with E-state index in [4.69, 9.17) is 0 Å². The van der Waals surface area contributed by atoms with Crippen molar-refractivity contribution < 1.29 is 0 Å². The Labute approximate surface area is 132 Å². The lowest BCUT2D eigenvalue weighted by Gasteiger charge is -2.05. The van der Waals surface area contributed by atoms with Crippen molar-refractivity contribution in [3.05, 3.63) is 36.2 Å². The third-order valence-corrected chi connectivity index (χ3v) is 4.96. The molecule has 3 rings (SSSR count). The second-order valence-electron chi connectivity index (χ2n) is 4.56. The van der Waals surface area contributed by atoms with Crippen molar-refractivity contribution in [2.45, 2.75) is 29.1 Å². The van der Waals surface area contributed by atoms with Gasteiger partial charge in [-0.25, -0.2) is 15.0 Å². The molecule has 0 aliphatic rings. The molecule has 0 saturated carbocycles. The van der Waals surface area contributed by atoms with Crippen LogP contribution < -0.4 is 5.32 Å². The van der Waals surface area contributed by atoms with E-state index in [9.17, 15) is 0 Å². The molecule has 0 amide bonds. The molecule has 0 aliphatic carbocycles. The number of rotatable bonds is 5. The van der Waals surface area contributed by atoms with Crippen LogP contribution in [0.2, 0.25) is 0 Å². The molecule has 3 aromatic rings. The number of thiazole rings is 1. The molecule has 21 heavy (non-hydrogen) atoms. The predicted octanol–water partition coefficient (Wildman–Crippen LogP) is 4.23. The molecule has 0 bridgehead atoms. The van der Waals surface area contributed by atoms with Gasteiger partial charge in [-0.15, -0.1) is 11.3 Å². The van der Waals surface area contributed by atoms with E-state index in [1.54, 1.807) is 23.1 Å². The van der Waals surface area contributed by atoms with Crippen LogP contribution in [0.4, 0.5) is 5.82 Å². The van der Waals surface area contributed by atoms with Crippen LogP contribution in [0.15, 0.2) is 39.7 Å². The van der Waals surface area contributed by atoms with E-state index in [1.165, 1.54) is 4.70 Å². The van der Waals surface area contributed by atoms with Crippen molar-refractivity contribution >= 4 is 39.1 Å². The smallest absolute Gasteiger partial charge is 0.157 e. The summed E-state index contributed by atoms with van der Waals surface area (Å²) in [6.07, 6.45) is 1.93. The van der Waals surface area contributed by atoms with E-state index in [0.29, 0.717) is 0 Å². The predicted molar refractivity (Wildman–Crippen MR) is 89.3 cm³/mol. The summed E-state index contributed by atoms with van der Waals surface area (Å²) in [4.78, 5) is 13.7. The number of nitrogens with one attached hydrogen (secondary N) is 1. The van der Waals surface area contributed by atoms with E-state index in [-0.39, 0.29) is 0 Å². The Hall–Kier alpha value is -1.66. The number of para-hydroxylation sites is 1. The summed E-state index contributed by atoms with van der Waals surface area (Å²) < 4.78 is 2.22. The molecule has 2 heterocycles. The number of benzene rings is 1. The Kier molecular flexibility index (Phi) is 4.36. The van der Waals surface area contributed by atoms with Crippen molar-refractivity contribution in [1.29, 1.82) is 0 Å². The molecule has 6 heteroatoms. The highest BCUT2D eigenvalue weighted by Gasteiger charge is 2.09. The first-order chi connectivity index (χ1) is 10.3. The van der Waals surface area contributed by atoms with Crippen molar-refractivity contribution in [2.75, 3.05) is 12.4 Å². The number of nitrogens with zero attached hydrogens (tertiary/aromatic N) is 3. The summed E-state index contributed by atoms with van der Waals surface area (Å²) in [5.41, 5.74) is 1.04. The van der Waals surface area contributed by atoms with Crippen molar-refractivity contribution in [3.63, 3.8) is 0 Å². The Morgan fingerprint density at radius 2 is 2.05 bits per heavy atom. The van der Waals surface area contributed by atoms with Crippen LogP contribution in [0, 0.1) is 0 Å². The van der Waals surface area contributed by atoms with Crippen LogP contribution in [0.25, 0.3) is 10.2 Å². The van der Waals surface area contributed by atoms with Crippen LogP contribution in [0.3, 0.4) is 0 Å². The number of aromatic nitrogens is 3. The normalized spacial score (nSPS) is 11.0. The molecule has 0 saturated heterocycles. The third-order valence-electron chi connectivity index (χ3n) is 2.94. The molecule has 0 unspecified atom stereocenters. The van der Waals surface area contributed by atoms with Gasteiger partial charge in [0.15, 0.2) is 4.34 Å². The first-order valence-corrected chi connectivity index (χ1v) is 8.51. The molecule has 1 N–H and O–H groups in total. The van der Waals surface area contributed by atoms with E-state index >= 15 is 0 Å². The van der Waals surface area contributed by atoms with Gasteiger partial charge in [-0.1, -0.05) is 19.1 Å². The maximum Gasteiger partial charge on any atom is 0.157 e. The number of hydrogen-bond donors (Lipinski definition) is 1. The fourth-order valence-corrected chi connectivity index (χ4v) is 4.01. The molecule has 4 nitrogen and oxygen atoms in total. The Balaban J connectivity index is 1.90. The minimum atomic E-state index is 0.858. The van der Waals surface area contributed by atoms with Crippen LogP contribution in [0.1, 0.15) is 19.2 Å². The molecule has 108 valence electrons. The molecular formula is C15H16N4S2. The number of aryl methyl sites for hydroxylation is 1. The lowest BCUT2D eigenvalue weighted by atomic mass is 10.3. The molecule has 2 aromatic heterocycles. The van der Waals surface area contributed by atoms with Gasteiger partial charge in [-0.2, -0.15) is 0 Å². The van der Waals surface area contributed by atoms with Crippen LogP contribution in [-0.2, 0) is 6.42 Å². The summed E-state index contributed by atoms with van der Waals surface area (Å²) in [5, 5.41) is 4.04. The highest BCUT2D eigenvalue weighted by molar-refractivity contribution is 8.01. The summed E-state index contributed by atoms with van der Waals surface area (Å²) in [5.74, 6) is 1.74. The van der Waals surface area contributed by atoms with Gasteiger partial charge >= 0.3 is 0 Å². The van der Waals surface area contributed by atoms with Gasteiger partial charge in [-0.3, -0.25) is 0 Å². The first-order valence-electron chi connectivity index (χ1n) is 6.87. The average Bonchev–Trinajstić information content (AvgIpc) is 2.89. The largest absolute Gasteiger partial charge is 0.373 e. The Morgan fingerprint density at radius 3 is 2.81 bits per heavy atom. The topological polar surface area (TPSA) is 50.7 Å². The summed E-state index contributed by atoms with van der Waals surface area (Å²) in [6.45, 7) is 2.13. The summed E-state index contributed by atoms with van der Waals surface area (Å²) >= 11 is 3.30. The summed E-state index contributed by atoms with van der Waals surface area (Å²) in [7, 11) is 1.88. The standard InChI is InChI=1S/C15H16N4S2/c1-3-6-12-18-13(16-2)9-14(19-12)21-15-17-10-7-4-5-8-11(10)20-15/h4-5,7-9H,3,6H2,1-2H3,(H,16,18,19). The first kappa shape index (κ1) is 14.3. The third kappa shape index (κ3) is 3.33. The zero-order valence-electron chi connectivity index (χ0n) is 12.0. The molecule has 0 atom stereocenters. The van der Waals surface area contributed by atoms with Crippen LogP contribution in [0.5, 0.6) is 0 Å². The average molecular weight is 316 g/mol. The number of anilines is 1. The second kappa shape index (κ2) is 6.41. The van der Waals surface area contributed by atoms with Gasteiger partial charge in [0.2, 0.25) is 0 Å². The van der Waals surface area contributed by atoms with Gasteiger partial charge in [0.25, 0.3) is 0 Å². The number of fused-ring (bicyclic) bond motifs is 1. The SMILES string of the molecule is CCCc1nc(NC)cc(Sc2nc3ccccc3s2)n1. The van der Waals surface area contributed by atoms with Crippen molar-refractivity contribution in [3.8, 4) is 0 Å². The molecule has 0 radical (unpaired) electrons. The van der Waals surface area contributed by atoms with Gasteiger partial charge in [0.05, 0.1) is 10.2 Å². The lowest BCUT2D eigenvalue weighted by molar-refractivity contribution is 0.811. The fourth-order valence-electron chi connectivity index (χ4n) is 1.97. The Morgan fingerprint density at radius 1 is 1.19 bits per heavy atom. The molecule has 0 spiro atoms. The van der Waals surface area contributed by atoms with Gasteiger partial charge < -0.3 is 5.32 Å². The van der Waals surface area contributed by atoms with E-state index in [0.717, 1.165) is 39.4 Å². The van der Waals surface area contributed by atoms with Crippen LogP contribution in [-0.4, -0.2) is 22.0 Å². The zero-order valence-corrected chi connectivity index (χ0v) is 13.6. The quantitative estimate of drug-likeness (QED) is 0.714. The fraction of sp³-hybridized carbons (Fsp3) is 0.267. The van der Waals surface area contributed by atoms with E-state index in [2.05, 4.69) is 33.3 Å². The van der Waals surface area contributed by atoms with Gasteiger partial charge in [0, 0.05) is 19.5 Å². The maximum absolute atomic E-state index is 4.64. The summed E-state index contributed by atoms with van der Waals surface area (Å²) in [6, 6.07) is 10.2. The molecule has 1 aromatic carbocycles. The van der Waals surface area contributed by atoms with Gasteiger partial charge in [-0.05, 0) is 30.3 Å². The highest BCUT2D eigenvalue weighted by Crippen LogP contribution is 2.34. The van der Waals surface area contributed by atoms with E-state index < -0.39 is 0 Å². The molecule has 0 aliphatic heterocycles. The van der Waals surface area contributed by atoms with E-state index in [1.807, 2.05) is 31.3 Å². The van der Waals surface area contributed by atoms with Crippen molar-refractivity contribution in [1.82, 2.24) is 15.0 Å². The Bertz CT molecular complexity index is 721. The van der Waals surface area contributed by atoms with Crippen LogP contribution >= 0.6 is 23.1 Å². The zero-order chi connectivity index (χ0) is 14.7. The van der Waals surface area contributed by atoms with Crippen molar-refractivity contribution in [2.24, 2.45) is 0 Å². The minimum absolute atomic E-state index is 0.858. The molecule has 0 fully saturated rings.